The highest BCUT2D eigenvalue weighted by Crippen LogP contribution is 1.86. The zero-order valence-electron chi connectivity index (χ0n) is 9.34. The Bertz CT molecular complexity index is 67.1. The predicted octanol–water partition coefficient (Wildman–Crippen LogP) is 2.05. The minimum absolute atomic E-state index is 0. The topological polar surface area (TPSA) is 44.5 Å². The highest BCUT2D eigenvalue weighted by Gasteiger charge is 1.87. The number of ether oxygens (including phenoxy) is 2. The van der Waals surface area contributed by atoms with Crippen LogP contribution in [0.5, 0.6) is 0 Å². The summed E-state index contributed by atoms with van der Waals surface area (Å²) in [6.07, 6.45) is 1.94. The van der Waals surface area contributed by atoms with E-state index in [2.05, 4.69) is 0 Å². The molecule has 0 bridgehead atoms. The number of rotatable bonds is 8. The standard InChI is InChI=1S/C8H19NO2.C2H6.H2/c1-2-10-7-4-8-11-6-3-5-9;1-2;/h2-9H2,1H3;1-2H3;1H. The maximum Gasteiger partial charge on any atom is 0.0487 e. The minimum Gasteiger partial charge on any atom is -0.382 e. The van der Waals surface area contributed by atoms with Crippen LogP contribution >= 0.6 is 0 Å². The molecule has 0 fully saturated rings. The summed E-state index contributed by atoms with van der Waals surface area (Å²) in [5.74, 6) is 0. The van der Waals surface area contributed by atoms with Crippen molar-refractivity contribution in [2.75, 3.05) is 33.0 Å². The van der Waals surface area contributed by atoms with Gasteiger partial charge in [-0.05, 0) is 26.3 Å². The number of nitrogens with two attached hydrogens (primary N) is 1. The molecule has 0 aliphatic heterocycles. The summed E-state index contributed by atoms with van der Waals surface area (Å²) >= 11 is 0. The van der Waals surface area contributed by atoms with Gasteiger partial charge in [0.2, 0.25) is 0 Å². The largest absolute Gasteiger partial charge is 0.382 e. The van der Waals surface area contributed by atoms with Gasteiger partial charge in [-0.2, -0.15) is 0 Å². The van der Waals surface area contributed by atoms with Crippen molar-refractivity contribution < 1.29 is 10.9 Å². The molecule has 0 atom stereocenters. The Morgan fingerprint density at radius 1 is 1.00 bits per heavy atom. The molecule has 3 nitrogen and oxygen atoms in total. The van der Waals surface area contributed by atoms with E-state index in [1.807, 2.05) is 20.8 Å². The summed E-state index contributed by atoms with van der Waals surface area (Å²) in [6.45, 7) is 9.88. The van der Waals surface area contributed by atoms with Gasteiger partial charge in [0.15, 0.2) is 0 Å². The maximum absolute atomic E-state index is 5.29. The van der Waals surface area contributed by atoms with Gasteiger partial charge in [0.1, 0.15) is 0 Å². The molecule has 84 valence electrons. The van der Waals surface area contributed by atoms with E-state index in [4.69, 9.17) is 15.2 Å². The first-order valence-electron chi connectivity index (χ1n) is 5.27. The van der Waals surface area contributed by atoms with Crippen LogP contribution in [0, 0.1) is 0 Å². The second kappa shape index (κ2) is 17.8. The van der Waals surface area contributed by atoms with Crippen LogP contribution in [0.25, 0.3) is 0 Å². The first kappa shape index (κ1) is 15.4. The highest BCUT2D eigenvalue weighted by atomic mass is 16.5. The van der Waals surface area contributed by atoms with Gasteiger partial charge in [0, 0.05) is 27.9 Å². The Morgan fingerprint density at radius 2 is 1.54 bits per heavy atom. The molecule has 0 aliphatic rings. The third-order valence-electron chi connectivity index (χ3n) is 1.27. The Hall–Kier alpha value is -0.120. The SMILES string of the molecule is CC.CCOCCCOCCCN.[HH]. The molecule has 0 aromatic rings. The first-order valence-corrected chi connectivity index (χ1v) is 5.27. The van der Waals surface area contributed by atoms with Crippen molar-refractivity contribution in [1.29, 1.82) is 0 Å². The van der Waals surface area contributed by atoms with Crippen molar-refractivity contribution in [3.63, 3.8) is 0 Å². The van der Waals surface area contributed by atoms with E-state index >= 15 is 0 Å². The molecule has 0 heterocycles. The van der Waals surface area contributed by atoms with Crippen LogP contribution in [-0.4, -0.2) is 33.0 Å². The summed E-state index contributed by atoms with van der Waals surface area (Å²) in [4.78, 5) is 0. The molecule has 0 rings (SSSR count). The fraction of sp³-hybridized carbons (Fsp3) is 1.00. The van der Waals surface area contributed by atoms with E-state index < -0.39 is 0 Å². The van der Waals surface area contributed by atoms with Crippen LogP contribution in [0.1, 0.15) is 35.0 Å². The molecule has 3 heteroatoms. The molecular formula is C10H27NO2. The summed E-state index contributed by atoms with van der Waals surface area (Å²) in [6, 6.07) is 0. The number of hydrogen-bond acceptors (Lipinski definition) is 3. The normalized spacial score (nSPS) is 9.23. The van der Waals surface area contributed by atoms with Crippen molar-refractivity contribution >= 4 is 0 Å². The number of hydrogen-bond donors (Lipinski definition) is 1. The average Bonchev–Trinajstić information content (AvgIpc) is 2.20. The molecule has 0 aromatic carbocycles. The molecule has 0 unspecified atom stereocenters. The van der Waals surface area contributed by atoms with E-state index in [1.54, 1.807) is 0 Å². The van der Waals surface area contributed by atoms with Gasteiger partial charge < -0.3 is 15.2 Å². The van der Waals surface area contributed by atoms with Crippen LogP contribution in [0.3, 0.4) is 0 Å². The molecule has 2 N–H and O–H groups in total. The zero-order chi connectivity index (χ0) is 10.4. The van der Waals surface area contributed by atoms with Crippen LogP contribution in [0.15, 0.2) is 0 Å². The third-order valence-corrected chi connectivity index (χ3v) is 1.27. The second-order valence-corrected chi connectivity index (χ2v) is 2.31. The lowest BCUT2D eigenvalue weighted by Gasteiger charge is -2.02. The molecule has 0 amide bonds. The molecule has 0 saturated heterocycles. The lowest BCUT2D eigenvalue weighted by molar-refractivity contribution is 0.0876. The van der Waals surface area contributed by atoms with Gasteiger partial charge in [-0.25, -0.2) is 0 Å². The van der Waals surface area contributed by atoms with Crippen LogP contribution in [-0.2, 0) is 9.47 Å². The molecule has 0 saturated carbocycles. The Kier molecular flexibility index (Phi) is 21.1. The highest BCUT2D eigenvalue weighted by molar-refractivity contribution is 4.37. The molecule has 0 radical (unpaired) electrons. The minimum atomic E-state index is 0. The predicted molar refractivity (Wildman–Crippen MR) is 59.1 cm³/mol. The second-order valence-electron chi connectivity index (χ2n) is 2.31. The van der Waals surface area contributed by atoms with Crippen molar-refractivity contribution in [2.24, 2.45) is 5.73 Å². The summed E-state index contributed by atoms with van der Waals surface area (Å²) in [7, 11) is 0. The van der Waals surface area contributed by atoms with E-state index in [9.17, 15) is 0 Å². The van der Waals surface area contributed by atoms with Crippen molar-refractivity contribution in [3.05, 3.63) is 0 Å². The van der Waals surface area contributed by atoms with Gasteiger partial charge in [0.25, 0.3) is 0 Å². The summed E-state index contributed by atoms with van der Waals surface area (Å²) in [5, 5.41) is 0. The Morgan fingerprint density at radius 3 is 2.08 bits per heavy atom. The fourth-order valence-corrected chi connectivity index (χ4v) is 0.695. The lowest BCUT2D eigenvalue weighted by Crippen LogP contribution is -2.06. The van der Waals surface area contributed by atoms with Gasteiger partial charge in [-0.3, -0.25) is 0 Å². The summed E-state index contributed by atoms with van der Waals surface area (Å²) in [5.41, 5.74) is 5.29. The first-order chi connectivity index (χ1) is 6.41. The molecule has 13 heavy (non-hydrogen) atoms. The third kappa shape index (κ3) is 18.7. The van der Waals surface area contributed by atoms with E-state index in [0.717, 1.165) is 39.3 Å². The van der Waals surface area contributed by atoms with Crippen molar-refractivity contribution in [3.8, 4) is 0 Å². The summed E-state index contributed by atoms with van der Waals surface area (Å²) < 4.78 is 10.4. The van der Waals surface area contributed by atoms with Gasteiger partial charge >= 0.3 is 0 Å². The monoisotopic (exact) mass is 193 g/mol. The van der Waals surface area contributed by atoms with Crippen LogP contribution < -0.4 is 5.73 Å². The van der Waals surface area contributed by atoms with Gasteiger partial charge in [0.05, 0.1) is 0 Å². The Balaban J connectivity index is -0.000000376. The van der Waals surface area contributed by atoms with Crippen molar-refractivity contribution in [1.82, 2.24) is 0 Å². The van der Waals surface area contributed by atoms with E-state index in [-0.39, 0.29) is 1.43 Å². The average molecular weight is 193 g/mol. The Labute approximate surface area is 84.1 Å². The molecule has 0 aliphatic carbocycles. The van der Waals surface area contributed by atoms with Crippen LogP contribution in [0.4, 0.5) is 0 Å². The van der Waals surface area contributed by atoms with E-state index in [0.29, 0.717) is 6.54 Å². The lowest BCUT2D eigenvalue weighted by atomic mass is 10.4. The van der Waals surface area contributed by atoms with Crippen molar-refractivity contribution in [2.45, 2.75) is 33.6 Å². The van der Waals surface area contributed by atoms with Gasteiger partial charge in [-0.15, -0.1) is 0 Å². The molecule has 0 spiro atoms. The van der Waals surface area contributed by atoms with Gasteiger partial charge in [-0.1, -0.05) is 13.8 Å². The smallest absolute Gasteiger partial charge is 0.0487 e. The quantitative estimate of drug-likeness (QED) is 0.600. The van der Waals surface area contributed by atoms with Crippen LogP contribution in [0.2, 0.25) is 0 Å². The molecule has 0 aromatic heterocycles. The zero-order valence-corrected chi connectivity index (χ0v) is 9.34. The van der Waals surface area contributed by atoms with E-state index in [1.165, 1.54) is 0 Å². The fourth-order valence-electron chi connectivity index (χ4n) is 0.695. The molecular weight excluding hydrogens is 166 g/mol. The maximum atomic E-state index is 5.29.